The van der Waals surface area contributed by atoms with Gasteiger partial charge in [0.2, 0.25) is 5.95 Å². The molecule has 1 N–H and O–H groups in total. The Morgan fingerprint density at radius 2 is 1.82 bits per heavy atom. The van der Waals surface area contributed by atoms with Crippen LogP contribution in [0.5, 0.6) is 0 Å². The van der Waals surface area contributed by atoms with Crippen molar-refractivity contribution in [2.45, 2.75) is 50.5 Å². The van der Waals surface area contributed by atoms with E-state index in [0.717, 1.165) is 67.3 Å². The Labute approximate surface area is 194 Å². The van der Waals surface area contributed by atoms with Gasteiger partial charge in [0.25, 0.3) is 0 Å². The van der Waals surface area contributed by atoms with E-state index in [2.05, 4.69) is 48.8 Å². The lowest BCUT2D eigenvalue weighted by molar-refractivity contribution is -0.122. The van der Waals surface area contributed by atoms with Crippen molar-refractivity contribution in [3.8, 4) is 0 Å². The van der Waals surface area contributed by atoms with E-state index in [4.69, 9.17) is 4.98 Å². The molecule has 6 rings (SSSR count). The fraction of sp³-hybridized carbons (Fsp3) is 0.520. The van der Waals surface area contributed by atoms with Crippen LogP contribution in [0, 0.1) is 0 Å². The van der Waals surface area contributed by atoms with E-state index < -0.39 is 0 Å². The van der Waals surface area contributed by atoms with Crippen LogP contribution in [-0.4, -0.2) is 63.4 Å². The van der Waals surface area contributed by atoms with E-state index in [1.807, 2.05) is 18.5 Å². The van der Waals surface area contributed by atoms with E-state index in [-0.39, 0.29) is 5.54 Å². The predicted molar refractivity (Wildman–Crippen MR) is 129 cm³/mol. The number of rotatable bonds is 3. The van der Waals surface area contributed by atoms with Gasteiger partial charge in [-0.3, -0.25) is 4.79 Å². The van der Waals surface area contributed by atoms with Gasteiger partial charge in [-0.25, -0.2) is 9.97 Å². The van der Waals surface area contributed by atoms with Crippen LogP contribution in [0.25, 0.3) is 11.0 Å². The summed E-state index contributed by atoms with van der Waals surface area (Å²) in [4.78, 5) is 31.4. The molecule has 1 aliphatic carbocycles. The second kappa shape index (κ2) is 8.09. The van der Waals surface area contributed by atoms with Crippen molar-refractivity contribution in [3.05, 3.63) is 36.3 Å². The third kappa shape index (κ3) is 3.76. The first-order valence-electron chi connectivity index (χ1n) is 12.2. The zero-order valence-electron chi connectivity index (χ0n) is 19.3. The Morgan fingerprint density at radius 1 is 1.00 bits per heavy atom. The van der Waals surface area contributed by atoms with Gasteiger partial charge in [0, 0.05) is 56.3 Å². The van der Waals surface area contributed by atoms with Gasteiger partial charge >= 0.3 is 0 Å². The molecule has 0 bridgehead atoms. The van der Waals surface area contributed by atoms with Crippen LogP contribution >= 0.6 is 0 Å². The van der Waals surface area contributed by atoms with Crippen molar-refractivity contribution in [1.29, 1.82) is 0 Å². The number of Topliss-reactive ketones (excluding diaryl/α,β-unsaturated/α-hetero) is 1. The van der Waals surface area contributed by atoms with Crippen LogP contribution in [0.15, 0.2) is 30.6 Å². The molecule has 3 aliphatic rings. The van der Waals surface area contributed by atoms with E-state index in [1.165, 1.54) is 19.3 Å². The SMILES string of the molecule is CN1CCN(c2ccc(Nc3ncc4cc5n(c4n3)C3(CCCCC3)CC(=O)C5)nc2)CC1. The highest BCUT2D eigenvalue weighted by Gasteiger charge is 2.41. The van der Waals surface area contributed by atoms with Gasteiger partial charge < -0.3 is 19.7 Å². The minimum Gasteiger partial charge on any atom is -0.368 e. The Morgan fingerprint density at radius 3 is 2.58 bits per heavy atom. The first-order valence-corrected chi connectivity index (χ1v) is 12.2. The predicted octanol–water partition coefficient (Wildman–Crippen LogP) is 3.50. The number of fused-ring (bicyclic) bond motifs is 4. The van der Waals surface area contributed by atoms with Gasteiger partial charge in [-0.2, -0.15) is 4.98 Å². The van der Waals surface area contributed by atoms with Crippen LogP contribution in [0.1, 0.15) is 44.2 Å². The Balaban J connectivity index is 1.28. The number of carbonyl (C=O) groups is 1. The molecule has 5 heterocycles. The number of aromatic nitrogens is 4. The summed E-state index contributed by atoms with van der Waals surface area (Å²) in [5.41, 5.74) is 3.06. The molecule has 2 fully saturated rings. The number of ketones is 1. The van der Waals surface area contributed by atoms with Crippen LogP contribution in [0.4, 0.5) is 17.5 Å². The Bertz CT molecular complexity index is 1170. The molecule has 3 aromatic rings. The molecular formula is C25H31N7O. The molecular weight excluding hydrogens is 414 g/mol. The van der Waals surface area contributed by atoms with Crippen LogP contribution in [-0.2, 0) is 16.8 Å². The highest BCUT2D eigenvalue weighted by molar-refractivity contribution is 5.87. The van der Waals surface area contributed by atoms with E-state index in [1.54, 1.807) is 0 Å². The number of hydrogen-bond acceptors (Lipinski definition) is 7. The second-order valence-electron chi connectivity index (χ2n) is 9.94. The van der Waals surface area contributed by atoms with Gasteiger partial charge in [-0.05, 0) is 38.1 Å². The summed E-state index contributed by atoms with van der Waals surface area (Å²) in [6.07, 6.45) is 10.6. The van der Waals surface area contributed by atoms with Crippen molar-refractivity contribution < 1.29 is 4.79 Å². The van der Waals surface area contributed by atoms with Crippen LogP contribution in [0.3, 0.4) is 0 Å². The van der Waals surface area contributed by atoms with Gasteiger partial charge in [0.15, 0.2) is 0 Å². The summed E-state index contributed by atoms with van der Waals surface area (Å²) >= 11 is 0. The second-order valence-corrected chi connectivity index (χ2v) is 9.94. The van der Waals surface area contributed by atoms with E-state index in [0.29, 0.717) is 24.6 Å². The number of likely N-dealkylation sites (N-methyl/N-ethyl adjacent to an activating group) is 1. The summed E-state index contributed by atoms with van der Waals surface area (Å²) in [5, 5.41) is 4.30. The average Bonchev–Trinajstić information content (AvgIpc) is 3.19. The minimum atomic E-state index is -0.112. The molecule has 172 valence electrons. The lowest BCUT2D eigenvalue weighted by Crippen LogP contribution is -2.44. The van der Waals surface area contributed by atoms with Gasteiger partial charge in [-0.1, -0.05) is 19.3 Å². The summed E-state index contributed by atoms with van der Waals surface area (Å²) in [5.74, 6) is 1.63. The van der Waals surface area contributed by atoms with Crippen molar-refractivity contribution in [1.82, 2.24) is 24.4 Å². The number of hydrogen-bond donors (Lipinski definition) is 1. The van der Waals surface area contributed by atoms with Crippen molar-refractivity contribution in [3.63, 3.8) is 0 Å². The maximum Gasteiger partial charge on any atom is 0.230 e. The highest BCUT2D eigenvalue weighted by Crippen LogP contribution is 2.44. The molecule has 1 spiro atoms. The third-order valence-electron chi connectivity index (χ3n) is 7.64. The zero-order chi connectivity index (χ0) is 22.4. The first kappa shape index (κ1) is 20.6. The lowest BCUT2D eigenvalue weighted by Gasteiger charge is -2.42. The van der Waals surface area contributed by atoms with Crippen LogP contribution < -0.4 is 10.2 Å². The Hall–Kier alpha value is -3.00. The molecule has 0 atom stereocenters. The van der Waals surface area contributed by atoms with Crippen molar-refractivity contribution in [2.24, 2.45) is 0 Å². The van der Waals surface area contributed by atoms with Gasteiger partial charge in [0.05, 0.1) is 17.4 Å². The number of piperazine rings is 1. The maximum atomic E-state index is 12.6. The molecule has 8 nitrogen and oxygen atoms in total. The fourth-order valence-electron chi connectivity index (χ4n) is 5.91. The van der Waals surface area contributed by atoms with Crippen molar-refractivity contribution in [2.75, 3.05) is 43.4 Å². The normalized spacial score (nSPS) is 20.9. The molecule has 0 unspecified atom stereocenters. The first-order chi connectivity index (χ1) is 16.1. The summed E-state index contributed by atoms with van der Waals surface area (Å²) in [6.45, 7) is 4.19. The van der Waals surface area contributed by atoms with E-state index in [9.17, 15) is 4.79 Å². The highest BCUT2D eigenvalue weighted by atomic mass is 16.1. The monoisotopic (exact) mass is 445 g/mol. The third-order valence-corrected chi connectivity index (χ3v) is 7.64. The number of nitrogens with one attached hydrogen (secondary N) is 1. The Kier molecular flexibility index (Phi) is 5.05. The molecule has 3 aromatic heterocycles. The number of anilines is 3. The maximum absolute atomic E-state index is 12.6. The molecule has 0 aromatic carbocycles. The summed E-state index contributed by atoms with van der Waals surface area (Å²) in [7, 11) is 2.16. The number of pyridine rings is 1. The minimum absolute atomic E-state index is 0.112. The molecule has 0 amide bonds. The number of carbonyl (C=O) groups excluding carboxylic acids is 1. The van der Waals surface area contributed by atoms with Crippen molar-refractivity contribution >= 4 is 34.3 Å². The lowest BCUT2D eigenvalue weighted by atomic mass is 9.75. The molecule has 1 saturated carbocycles. The standard InChI is InChI=1S/C25H31N7O/c1-30-9-11-31(12-10-30)19-5-6-22(26-17-19)28-24-27-16-18-13-20-14-21(33)15-25(7-3-2-4-8-25)32(20)23(18)29-24/h5-6,13,16-17H,2-4,7-12,14-15H2,1H3,(H,26,27,28,29). The smallest absolute Gasteiger partial charge is 0.230 e. The van der Waals surface area contributed by atoms with E-state index >= 15 is 0 Å². The largest absolute Gasteiger partial charge is 0.368 e. The van der Waals surface area contributed by atoms with Gasteiger partial charge in [0.1, 0.15) is 17.2 Å². The summed E-state index contributed by atoms with van der Waals surface area (Å²) < 4.78 is 2.37. The molecule has 1 saturated heterocycles. The number of nitrogens with zero attached hydrogens (tertiary/aromatic N) is 6. The van der Waals surface area contributed by atoms with Crippen LogP contribution in [0.2, 0.25) is 0 Å². The zero-order valence-corrected chi connectivity index (χ0v) is 19.3. The molecule has 0 radical (unpaired) electrons. The molecule has 2 aliphatic heterocycles. The molecule has 8 heteroatoms. The van der Waals surface area contributed by atoms with Gasteiger partial charge in [-0.15, -0.1) is 0 Å². The molecule has 33 heavy (non-hydrogen) atoms. The average molecular weight is 446 g/mol. The quantitative estimate of drug-likeness (QED) is 0.661. The topological polar surface area (TPSA) is 79.2 Å². The fourth-order valence-corrected chi connectivity index (χ4v) is 5.91. The summed E-state index contributed by atoms with van der Waals surface area (Å²) in [6, 6.07) is 6.21.